The van der Waals surface area contributed by atoms with Crippen molar-refractivity contribution in [2.75, 3.05) is 38.1 Å². The van der Waals surface area contributed by atoms with Crippen molar-refractivity contribution in [1.29, 1.82) is 0 Å². The molecular weight excluding hydrogens is 595 g/mol. The van der Waals surface area contributed by atoms with Crippen molar-refractivity contribution in [3.8, 4) is 0 Å². The van der Waals surface area contributed by atoms with Crippen LogP contribution in [0.3, 0.4) is 0 Å². The van der Waals surface area contributed by atoms with Gasteiger partial charge in [0.25, 0.3) is 0 Å². The van der Waals surface area contributed by atoms with Crippen LogP contribution in [-0.2, 0) is 39.7 Å². The maximum absolute atomic E-state index is 12.4. The Kier molecular flexibility index (Phi) is 14.2. The zero-order chi connectivity index (χ0) is 30.4. The van der Waals surface area contributed by atoms with Gasteiger partial charge in [0.15, 0.2) is 36.5 Å². The third-order valence-electron chi connectivity index (χ3n) is 4.86. The second-order valence-electron chi connectivity index (χ2n) is 8.41. The summed E-state index contributed by atoms with van der Waals surface area (Å²) >= 11 is 0. The van der Waals surface area contributed by atoms with E-state index in [4.69, 9.17) is 9.47 Å². The second kappa shape index (κ2) is 16.8. The molecule has 0 bridgehead atoms. The molecule has 13 nitrogen and oxygen atoms in total. The Morgan fingerprint density at radius 1 is 0.927 bits per heavy atom. The van der Waals surface area contributed by atoms with Crippen LogP contribution in [0.1, 0.15) is 45.4 Å². The van der Waals surface area contributed by atoms with E-state index in [9.17, 15) is 35.7 Å². The maximum atomic E-state index is 12.4. The predicted molar refractivity (Wildman–Crippen MR) is 128 cm³/mol. The summed E-state index contributed by atoms with van der Waals surface area (Å²) in [5, 5.41) is 2.48. The number of aromatic nitrogens is 4. The lowest BCUT2D eigenvalue weighted by Crippen LogP contribution is -2.19. The van der Waals surface area contributed by atoms with Crippen molar-refractivity contribution in [2.45, 2.75) is 64.3 Å². The summed E-state index contributed by atoms with van der Waals surface area (Å²) in [6.07, 6.45) is -3.04. The van der Waals surface area contributed by atoms with Gasteiger partial charge in [-0.3, -0.25) is 9.88 Å². The van der Waals surface area contributed by atoms with Crippen LogP contribution >= 0.6 is 7.60 Å². The van der Waals surface area contributed by atoms with E-state index in [-0.39, 0.29) is 36.7 Å². The number of hydrogen-bond donors (Lipinski definition) is 1. The average Bonchev–Trinajstić information content (AvgIpc) is 3.28. The van der Waals surface area contributed by atoms with Crippen LogP contribution in [-0.4, -0.2) is 70.7 Å². The normalized spacial score (nSPS) is 12.7. The molecule has 0 radical (unpaired) electrons. The maximum Gasteiger partial charge on any atom is 0.414 e. The Hall–Kier alpha value is -2.57. The monoisotopic (exact) mass is 625 g/mol. The quantitative estimate of drug-likeness (QED) is 0.0653. The summed E-state index contributed by atoms with van der Waals surface area (Å²) < 4.78 is 106. The van der Waals surface area contributed by atoms with Gasteiger partial charge in [-0.25, -0.2) is 29.5 Å². The fourth-order valence-corrected chi connectivity index (χ4v) is 3.95. The van der Waals surface area contributed by atoms with Crippen LogP contribution in [0.4, 0.5) is 37.0 Å². The summed E-state index contributed by atoms with van der Waals surface area (Å²) in [6, 6.07) is 0. The number of imidazole rings is 1. The van der Waals surface area contributed by atoms with Crippen molar-refractivity contribution in [2.24, 2.45) is 0 Å². The Labute approximate surface area is 230 Å². The summed E-state index contributed by atoms with van der Waals surface area (Å²) in [5.41, 5.74) is 0.440. The van der Waals surface area contributed by atoms with E-state index < -0.39 is 45.6 Å². The zero-order valence-corrected chi connectivity index (χ0v) is 22.8. The first-order valence-corrected chi connectivity index (χ1v) is 14.1. The van der Waals surface area contributed by atoms with Crippen LogP contribution in [0, 0.1) is 0 Å². The molecule has 41 heavy (non-hydrogen) atoms. The number of amides is 1. The zero-order valence-electron chi connectivity index (χ0n) is 21.9. The molecule has 0 fully saturated rings. The number of halogens is 6. The molecule has 0 unspecified atom stereocenters. The number of hydrogen-bond acceptors (Lipinski definition) is 11. The molecule has 234 valence electrons. The highest BCUT2D eigenvalue weighted by molar-refractivity contribution is 7.53. The fraction of sp³-hybridized carbons (Fsp3) is 0.714. The molecule has 2 rings (SSSR count). The van der Waals surface area contributed by atoms with Crippen LogP contribution in [0.15, 0.2) is 12.7 Å². The van der Waals surface area contributed by atoms with Gasteiger partial charge in [-0.05, 0) is 6.42 Å². The third-order valence-corrected chi connectivity index (χ3v) is 6.02. The molecule has 0 aromatic carbocycles. The number of carbonyl (C=O) groups is 1. The van der Waals surface area contributed by atoms with Crippen molar-refractivity contribution in [3.05, 3.63) is 12.7 Å². The van der Waals surface area contributed by atoms with Crippen molar-refractivity contribution in [1.82, 2.24) is 19.5 Å². The number of carbonyl (C=O) groups excluding carboxylic acids is 1. The predicted octanol–water partition coefficient (Wildman–Crippen LogP) is 5.92. The average molecular weight is 625 g/mol. The molecule has 0 aliphatic carbocycles. The summed E-state index contributed by atoms with van der Waals surface area (Å²) in [6.45, 7) is -2.05. The van der Waals surface area contributed by atoms with E-state index in [1.807, 2.05) is 0 Å². The van der Waals surface area contributed by atoms with Gasteiger partial charge in [0.1, 0.15) is 6.33 Å². The first kappa shape index (κ1) is 34.6. The van der Waals surface area contributed by atoms with E-state index in [0.29, 0.717) is 0 Å². The molecule has 2 aromatic heterocycles. The number of nitrogens with zero attached hydrogens (tertiary/aromatic N) is 4. The number of alkyl halides is 6. The lowest BCUT2D eigenvalue weighted by molar-refractivity contribution is -0.322. The highest BCUT2D eigenvalue weighted by Gasteiger charge is 2.36. The molecule has 0 aliphatic rings. The minimum Gasteiger partial charge on any atom is -0.449 e. The smallest absolute Gasteiger partial charge is 0.414 e. The molecule has 2 heterocycles. The van der Waals surface area contributed by atoms with E-state index >= 15 is 0 Å². The van der Waals surface area contributed by atoms with E-state index in [1.54, 1.807) is 0 Å². The van der Waals surface area contributed by atoms with E-state index in [0.717, 1.165) is 44.9 Å². The Morgan fingerprint density at radius 2 is 1.56 bits per heavy atom. The Balaban J connectivity index is 1.87. The highest BCUT2D eigenvalue weighted by Crippen LogP contribution is 2.49. The molecule has 2 aromatic rings. The number of unbranched alkanes of at least 4 members (excludes halogenated alkanes) is 5. The van der Waals surface area contributed by atoms with Gasteiger partial charge >= 0.3 is 26.0 Å². The SMILES string of the molecule is CCCCCCCCOC(=O)Nc1ncnc2c1ncn2CCOCP(=O)(OOCC(F)(F)F)OOCC(F)(F)F. The summed E-state index contributed by atoms with van der Waals surface area (Å²) in [7, 11) is -4.87. The van der Waals surface area contributed by atoms with Gasteiger partial charge in [-0.15, -0.1) is 9.35 Å². The van der Waals surface area contributed by atoms with E-state index in [2.05, 4.69) is 46.3 Å². The third kappa shape index (κ3) is 14.2. The van der Waals surface area contributed by atoms with Gasteiger partial charge in [-0.1, -0.05) is 39.0 Å². The molecule has 0 saturated carbocycles. The molecule has 1 N–H and O–H groups in total. The second-order valence-corrected chi connectivity index (χ2v) is 10.2. The number of nitrogens with one attached hydrogen (secondary N) is 1. The Bertz CT molecular complexity index is 1100. The minimum atomic E-state index is -4.89. The fourth-order valence-electron chi connectivity index (χ4n) is 3.06. The molecular formula is C21H30F6N5O8P. The van der Waals surface area contributed by atoms with Crippen LogP contribution in [0.5, 0.6) is 0 Å². The first-order chi connectivity index (χ1) is 19.3. The number of rotatable bonds is 19. The summed E-state index contributed by atoms with van der Waals surface area (Å²) in [4.78, 5) is 31.8. The Morgan fingerprint density at radius 3 is 2.20 bits per heavy atom. The standard InChI is InChI=1S/C21H30F6N5O8P/c1-2-3-4-5-6-7-9-36-19(33)31-17-16-18(29-13-28-17)32(14-30-16)8-10-35-15-41(34,39-37-11-20(22,23)24)40-38-12-21(25,26)27/h13-14H,2-12,15H2,1H3,(H,28,29,31,33). The topological polar surface area (TPSA) is 145 Å². The van der Waals surface area contributed by atoms with Crippen LogP contribution < -0.4 is 5.32 Å². The largest absolute Gasteiger partial charge is 0.449 e. The minimum absolute atomic E-state index is 0.0394. The van der Waals surface area contributed by atoms with E-state index in [1.165, 1.54) is 10.9 Å². The van der Waals surface area contributed by atoms with Gasteiger partial charge in [0, 0.05) is 6.54 Å². The number of anilines is 1. The molecule has 0 atom stereocenters. The van der Waals surface area contributed by atoms with Gasteiger partial charge < -0.3 is 14.0 Å². The highest BCUT2D eigenvalue weighted by atomic mass is 31.2. The molecule has 20 heteroatoms. The lowest BCUT2D eigenvalue weighted by Gasteiger charge is -2.17. The lowest BCUT2D eigenvalue weighted by atomic mass is 10.1. The molecule has 0 spiro atoms. The summed E-state index contributed by atoms with van der Waals surface area (Å²) in [5.74, 6) is 0.0672. The van der Waals surface area contributed by atoms with Gasteiger partial charge in [0.2, 0.25) is 0 Å². The molecule has 0 aliphatic heterocycles. The first-order valence-electron chi connectivity index (χ1n) is 12.3. The van der Waals surface area contributed by atoms with Crippen LogP contribution in [0.2, 0.25) is 0 Å². The van der Waals surface area contributed by atoms with Gasteiger partial charge in [-0.2, -0.15) is 26.3 Å². The van der Waals surface area contributed by atoms with Crippen molar-refractivity contribution < 1.29 is 64.3 Å². The van der Waals surface area contributed by atoms with Crippen LogP contribution in [0.25, 0.3) is 11.2 Å². The van der Waals surface area contributed by atoms with Crippen molar-refractivity contribution >= 4 is 30.7 Å². The number of ether oxygens (including phenoxy) is 2. The number of fused-ring (bicyclic) bond motifs is 1. The molecule has 0 saturated heterocycles. The molecule has 1 amide bonds. The van der Waals surface area contributed by atoms with Gasteiger partial charge in [0.05, 0.1) is 19.5 Å². The van der Waals surface area contributed by atoms with Crippen molar-refractivity contribution in [3.63, 3.8) is 0 Å².